The molecular weight excluding hydrogens is 490 g/mol. The van der Waals surface area contributed by atoms with E-state index in [1.165, 1.54) is 32.8 Å². The highest BCUT2D eigenvalue weighted by atomic mass is 16.3. The third-order valence-electron chi connectivity index (χ3n) is 8.33. The maximum Gasteiger partial charge on any atom is 0.136 e. The van der Waals surface area contributed by atoms with E-state index in [0.29, 0.717) is 0 Å². The lowest BCUT2D eigenvalue weighted by atomic mass is 9.97. The highest BCUT2D eigenvalue weighted by molar-refractivity contribution is 6.15. The predicted octanol–water partition coefficient (Wildman–Crippen LogP) is 10.6. The number of furan rings is 2. The van der Waals surface area contributed by atoms with Crippen LogP contribution in [0.1, 0.15) is 5.56 Å². The Kier molecular flexibility index (Phi) is 4.26. The molecule has 0 atom stereocenters. The Morgan fingerprint density at radius 1 is 0.475 bits per heavy atom. The summed E-state index contributed by atoms with van der Waals surface area (Å²) < 4.78 is 14.9. The van der Waals surface area contributed by atoms with Crippen LogP contribution in [0.4, 0.5) is 0 Å². The van der Waals surface area contributed by atoms with Crippen molar-refractivity contribution in [3.8, 4) is 16.8 Å². The van der Waals surface area contributed by atoms with E-state index in [1.807, 2.05) is 12.1 Å². The smallest absolute Gasteiger partial charge is 0.136 e. The summed E-state index contributed by atoms with van der Waals surface area (Å²) in [4.78, 5) is 0. The first kappa shape index (κ1) is 21.6. The SMILES string of the molecule is Cc1cccc2oc3ccc(-c4cccc5oc6ccc(-n7c8ccccc8c8ccccc87)cc6c45)cc3c12. The zero-order valence-electron chi connectivity index (χ0n) is 21.8. The van der Waals surface area contributed by atoms with Gasteiger partial charge in [0.25, 0.3) is 0 Å². The van der Waals surface area contributed by atoms with E-state index in [2.05, 4.69) is 121 Å². The number of nitrogens with zero attached hydrogens (tertiary/aromatic N) is 1. The Bertz CT molecular complexity index is 2400. The first-order valence-electron chi connectivity index (χ1n) is 13.6. The number of hydrogen-bond donors (Lipinski definition) is 0. The van der Waals surface area contributed by atoms with Crippen molar-refractivity contribution in [1.82, 2.24) is 4.57 Å². The summed E-state index contributed by atoms with van der Waals surface area (Å²) in [6, 6.07) is 42.9. The lowest BCUT2D eigenvalue weighted by molar-refractivity contribution is 0.668. The van der Waals surface area contributed by atoms with Crippen LogP contribution >= 0.6 is 0 Å². The van der Waals surface area contributed by atoms with Gasteiger partial charge in [-0.15, -0.1) is 0 Å². The van der Waals surface area contributed by atoms with E-state index in [4.69, 9.17) is 8.83 Å². The fourth-order valence-corrected chi connectivity index (χ4v) is 6.57. The van der Waals surface area contributed by atoms with Gasteiger partial charge >= 0.3 is 0 Å². The molecule has 0 aliphatic rings. The standard InChI is InChI=1S/C37H23NO2/c1-22-8-6-14-34-36(22)28-20-23(16-18-32(28)39-34)25-11-7-15-35-37(25)29-21-24(17-19-33(29)40-35)38-30-12-4-2-9-26(30)27-10-3-5-13-31(27)38/h2-21H,1H3. The molecule has 3 aromatic heterocycles. The van der Waals surface area contributed by atoms with Gasteiger partial charge in [0.2, 0.25) is 0 Å². The molecular formula is C37H23NO2. The molecule has 0 N–H and O–H groups in total. The summed E-state index contributed by atoms with van der Waals surface area (Å²) in [5.74, 6) is 0. The summed E-state index contributed by atoms with van der Waals surface area (Å²) in [5, 5.41) is 7.07. The Labute approximate surface area is 229 Å². The fraction of sp³-hybridized carbons (Fsp3) is 0.0270. The summed E-state index contributed by atoms with van der Waals surface area (Å²) in [6.45, 7) is 2.14. The monoisotopic (exact) mass is 513 g/mol. The number of aryl methyl sites for hydroxylation is 1. The normalized spacial score (nSPS) is 12.1. The van der Waals surface area contributed by atoms with Crippen molar-refractivity contribution in [2.75, 3.05) is 0 Å². The number of rotatable bonds is 2. The first-order chi connectivity index (χ1) is 19.7. The van der Waals surface area contributed by atoms with Gasteiger partial charge in [0, 0.05) is 38.0 Å². The fourth-order valence-electron chi connectivity index (χ4n) is 6.57. The Balaban J connectivity index is 1.33. The molecule has 0 spiro atoms. The zero-order valence-corrected chi connectivity index (χ0v) is 21.8. The van der Waals surface area contributed by atoms with Crippen LogP contribution < -0.4 is 0 Å². The van der Waals surface area contributed by atoms with Crippen LogP contribution in [0.15, 0.2) is 130 Å². The molecule has 0 aliphatic heterocycles. The molecule has 9 aromatic rings. The number of hydrogen-bond acceptors (Lipinski definition) is 2. The molecule has 3 heterocycles. The molecule has 0 aliphatic carbocycles. The lowest BCUT2D eigenvalue weighted by Gasteiger charge is -2.09. The third-order valence-corrected chi connectivity index (χ3v) is 8.33. The van der Waals surface area contributed by atoms with E-state index < -0.39 is 0 Å². The van der Waals surface area contributed by atoms with Gasteiger partial charge in [-0.05, 0) is 78.2 Å². The molecule has 0 bridgehead atoms. The summed E-state index contributed by atoms with van der Waals surface area (Å²) in [6.07, 6.45) is 0. The molecule has 0 saturated heterocycles. The summed E-state index contributed by atoms with van der Waals surface area (Å²) in [5.41, 5.74) is 10.6. The van der Waals surface area contributed by atoms with Crippen LogP contribution in [-0.2, 0) is 0 Å². The molecule has 0 amide bonds. The molecule has 3 nitrogen and oxygen atoms in total. The van der Waals surface area contributed by atoms with Gasteiger partial charge < -0.3 is 13.4 Å². The van der Waals surface area contributed by atoms with Gasteiger partial charge in [0.1, 0.15) is 22.3 Å². The van der Waals surface area contributed by atoms with Crippen molar-refractivity contribution in [2.24, 2.45) is 0 Å². The van der Waals surface area contributed by atoms with Crippen LogP contribution in [0.3, 0.4) is 0 Å². The number of aromatic nitrogens is 1. The molecule has 3 heteroatoms. The number of fused-ring (bicyclic) bond motifs is 9. The van der Waals surface area contributed by atoms with Crippen molar-refractivity contribution in [1.29, 1.82) is 0 Å². The zero-order chi connectivity index (χ0) is 26.4. The molecule has 0 saturated carbocycles. The number of benzene rings is 6. The second kappa shape index (κ2) is 7.87. The third kappa shape index (κ3) is 2.89. The highest BCUT2D eigenvalue weighted by Crippen LogP contribution is 2.41. The maximum absolute atomic E-state index is 6.40. The van der Waals surface area contributed by atoms with Gasteiger partial charge in [-0.2, -0.15) is 0 Å². The molecule has 0 fully saturated rings. The predicted molar refractivity (Wildman–Crippen MR) is 166 cm³/mol. The van der Waals surface area contributed by atoms with Gasteiger partial charge in [0.05, 0.1) is 11.0 Å². The summed E-state index contributed by atoms with van der Waals surface area (Å²) in [7, 11) is 0. The Morgan fingerprint density at radius 3 is 1.85 bits per heavy atom. The van der Waals surface area contributed by atoms with E-state index in [1.54, 1.807) is 0 Å². The van der Waals surface area contributed by atoms with Crippen LogP contribution in [0.5, 0.6) is 0 Å². The minimum atomic E-state index is 0.887. The van der Waals surface area contributed by atoms with Gasteiger partial charge in [-0.1, -0.05) is 66.7 Å². The largest absolute Gasteiger partial charge is 0.456 e. The average molecular weight is 514 g/mol. The number of para-hydroxylation sites is 2. The van der Waals surface area contributed by atoms with Crippen molar-refractivity contribution in [3.63, 3.8) is 0 Å². The molecule has 188 valence electrons. The van der Waals surface area contributed by atoms with Crippen LogP contribution in [0, 0.1) is 6.92 Å². The maximum atomic E-state index is 6.40. The molecule has 40 heavy (non-hydrogen) atoms. The van der Waals surface area contributed by atoms with Gasteiger partial charge in [-0.25, -0.2) is 0 Å². The second-order valence-electron chi connectivity index (χ2n) is 10.6. The lowest BCUT2D eigenvalue weighted by Crippen LogP contribution is -1.93. The minimum absolute atomic E-state index is 0.887. The van der Waals surface area contributed by atoms with Crippen molar-refractivity contribution < 1.29 is 8.83 Å². The molecule has 6 aromatic carbocycles. The second-order valence-corrected chi connectivity index (χ2v) is 10.6. The van der Waals surface area contributed by atoms with Crippen LogP contribution in [0.25, 0.3) is 82.5 Å². The Morgan fingerprint density at radius 2 is 1.10 bits per heavy atom. The van der Waals surface area contributed by atoms with Gasteiger partial charge in [0.15, 0.2) is 0 Å². The van der Waals surface area contributed by atoms with Gasteiger partial charge in [-0.3, -0.25) is 0 Å². The van der Waals surface area contributed by atoms with E-state index in [-0.39, 0.29) is 0 Å². The van der Waals surface area contributed by atoms with Crippen LogP contribution in [0.2, 0.25) is 0 Å². The van der Waals surface area contributed by atoms with Crippen LogP contribution in [-0.4, -0.2) is 4.57 Å². The highest BCUT2D eigenvalue weighted by Gasteiger charge is 2.17. The Hall–Kier alpha value is -5.28. The molecule has 0 unspecified atom stereocenters. The van der Waals surface area contributed by atoms with E-state index in [0.717, 1.165) is 55.3 Å². The van der Waals surface area contributed by atoms with E-state index >= 15 is 0 Å². The van der Waals surface area contributed by atoms with E-state index in [9.17, 15) is 0 Å². The van der Waals surface area contributed by atoms with Crippen molar-refractivity contribution >= 4 is 65.7 Å². The average Bonchev–Trinajstić information content (AvgIpc) is 3.66. The first-order valence-corrected chi connectivity index (χ1v) is 13.6. The molecule has 9 rings (SSSR count). The van der Waals surface area contributed by atoms with Crippen molar-refractivity contribution in [3.05, 3.63) is 127 Å². The quantitative estimate of drug-likeness (QED) is 0.230. The van der Waals surface area contributed by atoms with Crippen molar-refractivity contribution in [2.45, 2.75) is 6.92 Å². The topological polar surface area (TPSA) is 31.2 Å². The molecule has 0 radical (unpaired) electrons. The summed E-state index contributed by atoms with van der Waals surface area (Å²) >= 11 is 0. The minimum Gasteiger partial charge on any atom is -0.456 e.